The molecule has 1 aliphatic heterocycles. The number of nitrogens with one attached hydrogen (secondary N) is 1. The summed E-state index contributed by atoms with van der Waals surface area (Å²) in [5, 5.41) is 2.74. The lowest BCUT2D eigenvalue weighted by Crippen LogP contribution is -2.21. The Bertz CT molecular complexity index is 1280. The molecule has 0 saturated carbocycles. The molecular formula is C22H17NO5S. The SMILES string of the molecule is COc1ccc(C)cc1NC(=O)c1ccc2c(c1)S(=O)(=O)c1ccccc1C2=O. The van der Waals surface area contributed by atoms with Gasteiger partial charge in [0.2, 0.25) is 9.84 Å². The van der Waals surface area contributed by atoms with E-state index in [1.165, 1.54) is 37.4 Å². The minimum atomic E-state index is -3.91. The molecular weight excluding hydrogens is 390 g/mol. The van der Waals surface area contributed by atoms with Crippen molar-refractivity contribution in [2.45, 2.75) is 16.7 Å². The van der Waals surface area contributed by atoms with Gasteiger partial charge in [0.1, 0.15) is 5.75 Å². The molecule has 0 unspecified atom stereocenters. The molecule has 3 aromatic carbocycles. The Labute approximate surface area is 168 Å². The van der Waals surface area contributed by atoms with E-state index in [9.17, 15) is 18.0 Å². The van der Waals surface area contributed by atoms with E-state index < -0.39 is 15.7 Å². The Morgan fingerprint density at radius 1 is 0.931 bits per heavy atom. The van der Waals surface area contributed by atoms with Gasteiger partial charge in [-0.1, -0.05) is 18.2 Å². The van der Waals surface area contributed by atoms with Gasteiger partial charge in [-0.3, -0.25) is 9.59 Å². The molecule has 3 aromatic rings. The van der Waals surface area contributed by atoms with Crippen molar-refractivity contribution >= 4 is 27.2 Å². The van der Waals surface area contributed by atoms with Gasteiger partial charge in [0.05, 0.1) is 22.6 Å². The molecule has 0 aliphatic carbocycles. The molecule has 0 saturated heterocycles. The molecule has 0 radical (unpaired) electrons. The first kappa shape index (κ1) is 18.9. The van der Waals surface area contributed by atoms with Crippen LogP contribution in [0.25, 0.3) is 0 Å². The van der Waals surface area contributed by atoms with Gasteiger partial charge in [0.15, 0.2) is 5.78 Å². The van der Waals surface area contributed by atoms with Crippen LogP contribution in [0.15, 0.2) is 70.5 Å². The second-order valence-electron chi connectivity index (χ2n) is 6.70. The summed E-state index contributed by atoms with van der Waals surface area (Å²) in [4.78, 5) is 25.3. The van der Waals surface area contributed by atoms with Crippen LogP contribution in [0.1, 0.15) is 31.8 Å². The summed E-state index contributed by atoms with van der Waals surface area (Å²) in [7, 11) is -2.41. The number of hydrogen-bond donors (Lipinski definition) is 1. The van der Waals surface area contributed by atoms with Crippen molar-refractivity contribution in [3.63, 3.8) is 0 Å². The first-order chi connectivity index (χ1) is 13.8. The van der Waals surface area contributed by atoms with Crippen molar-refractivity contribution in [3.05, 3.63) is 82.9 Å². The zero-order valence-electron chi connectivity index (χ0n) is 15.7. The lowest BCUT2D eigenvalue weighted by Gasteiger charge is -2.19. The van der Waals surface area contributed by atoms with E-state index in [1.54, 1.807) is 24.3 Å². The van der Waals surface area contributed by atoms with E-state index in [1.807, 2.05) is 13.0 Å². The third-order valence-electron chi connectivity index (χ3n) is 4.80. The van der Waals surface area contributed by atoms with Crippen molar-refractivity contribution in [2.24, 2.45) is 0 Å². The summed E-state index contributed by atoms with van der Waals surface area (Å²) in [6.07, 6.45) is 0. The minimum Gasteiger partial charge on any atom is -0.495 e. The first-order valence-electron chi connectivity index (χ1n) is 8.82. The number of rotatable bonds is 3. The zero-order valence-corrected chi connectivity index (χ0v) is 16.5. The Hall–Kier alpha value is -3.45. The van der Waals surface area contributed by atoms with E-state index in [0.717, 1.165) is 5.56 Å². The molecule has 6 nitrogen and oxygen atoms in total. The van der Waals surface area contributed by atoms with E-state index in [-0.39, 0.29) is 32.3 Å². The lowest BCUT2D eigenvalue weighted by atomic mass is 10.0. The van der Waals surface area contributed by atoms with Gasteiger partial charge in [0, 0.05) is 16.7 Å². The molecule has 146 valence electrons. The van der Waals surface area contributed by atoms with E-state index in [4.69, 9.17) is 4.74 Å². The van der Waals surface area contributed by atoms with Gasteiger partial charge in [-0.05, 0) is 55.0 Å². The molecule has 4 rings (SSSR count). The molecule has 29 heavy (non-hydrogen) atoms. The highest BCUT2D eigenvalue weighted by Crippen LogP contribution is 2.35. The van der Waals surface area contributed by atoms with Crippen LogP contribution in [0.3, 0.4) is 0 Å². The molecule has 7 heteroatoms. The second kappa shape index (κ2) is 6.86. The third kappa shape index (κ3) is 3.09. The number of ketones is 1. The molecule has 1 amide bonds. The molecule has 0 bridgehead atoms. The Kier molecular flexibility index (Phi) is 4.47. The zero-order chi connectivity index (χ0) is 20.8. The number of hydrogen-bond acceptors (Lipinski definition) is 5. The van der Waals surface area contributed by atoms with Crippen LogP contribution < -0.4 is 10.1 Å². The fourth-order valence-electron chi connectivity index (χ4n) is 3.34. The molecule has 1 aliphatic rings. The van der Waals surface area contributed by atoms with Crippen LogP contribution >= 0.6 is 0 Å². The first-order valence-corrected chi connectivity index (χ1v) is 10.3. The summed E-state index contributed by atoms with van der Waals surface area (Å²) in [5.74, 6) is -0.394. The molecule has 0 fully saturated rings. The fraction of sp³-hybridized carbons (Fsp3) is 0.0909. The number of benzene rings is 3. The second-order valence-corrected chi connectivity index (χ2v) is 8.58. The number of ether oxygens (including phenoxy) is 1. The maximum Gasteiger partial charge on any atom is 0.255 e. The number of sulfone groups is 1. The van der Waals surface area contributed by atoms with Crippen LogP contribution in [0.4, 0.5) is 5.69 Å². The van der Waals surface area contributed by atoms with Gasteiger partial charge in [0.25, 0.3) is 5.91 Å². The third-order valence-corrected chi connectivity index (χ3v) is 6.65. The number of amides is 1. The maximum absolute atomic E-state index is 13.0. The minimum absolute atomic E-state index is 0.0459. The fourth-order valence-corrected chi connectivity index (χ4v) is 5.02. The highest BCUT2D eigenvalue weighted by Gasteiger charge is 2.35. The highest BCUT2D eigenvalue weighted by molar-refractivity contribution is 7.91. The van der Waals surface area contributed by atoms with Crippen molar-refractivity contribution in [1.29, 1.82) is 0 Å². The smallest absolute Gasteiger partial charge is 0.255 e. The Morgan fingerprint density at radius 2 is 1.66 bits per heavy atom. The van der Waals surface area contributed by atoms with Crippen molar-refractivity contribution < 1.29 is 22.7 Å². The van der Waals surface area contributed by atoms with Crippen molar-refractivity contribution in [2.75, 3.05) is 12.4 Å². The number of carbonyl (C=O) groups excluding carboxylic acids is 2. The van der Waals surface area contributed by atoms with Crippen LogP contribution in [0.5, 0.6) is 5.75 Å². The standard InChI is InChI=1S/C22H17NO5S/c1-13-7-10-18(28-2)17(11-13)23-22(25)14-8-9-16-20(12-14)29(26,27)19-6-4-3-5-15(19)21(16)24/h3-12H,1-2H3,(H,23,25). The summed E-state index contributed by atoms with van der Waals surface area (Å²) < 4.78 is 31.3. The van der Waals surface area contributed by atoms with Gasteiger partial charge in [-0.15, -0.1) is 0 Å². The molecule has 1 N–H and O–H groups in total. The summed E-state index contributed by atoms with van der Waals surface area (Å²) in [6, 6.07) is 15.5. The summed E-state index contributed by atoms with van der Waals surface area (Å²) >= 11 is 0. The van der Waals surface area contributed by atoms with Crippen molar-refractivity contribution in [3.8, 4) is 5.75 Å². The molecule has 0 atom stereocenters. The maximum atomic E-state index is 13.0. The number of fused-ring (bicyclic) bond motifs is 2. The van der Waals surface area contributed by atoms with E-state index in [2.05, 4.69) is 5.32 Å². The number of methoxy groups -OCH3 is 1. The van der Waals surface area contributed by atoms with Crippen LogP contribution in [0, 0.1) is 6.92 Å². The molecule has 0 spiro atoms. The summed E-state index contributed by atoms with van der Waals surface area (Å²) in [5.41, 5.74) is 1.73. The number of anilines is 1. The Balaban J connectivity index is 1.76. The van der Waals surface area contributed by atoms with Crippen LogP contribution in [-0.2, 0) is 9.84 Å². The van der Waals surface area contributed by atoms with Crippen molar-refractivity contribution in [1.82, 2.24) is 0 Å². The quantitative estimate of drug-likeness (QED) is 0.560. The number of aryl methyl sites for hydroxylation is 1. The van der Waals surface area contributed by atoms with Crippen LogP contribution in [0.2, 0.25) is 0 Å². The topological polar surface area (TPSA) is 89.5 Å². The van der Waals surface area contributed by atoms with E-state index >= 15 is 0 Å². The normalized spacial score (nSPS) is 13.9. The lowest BCUT2D eigenvalue weighted by molar-refractivity contribution is 0.101. The van der Waals surface area contributed by atoms with Gasteiger partial charge in [-0.25, -0.2) is 8.42 Å². The number of carbonyl (C=O) groups is 2. The average Bonchev–Trinajstić information content (AvgIpc) is 2.72. The average molecular weight is 407 g/mol. The van der Waals surface area contributed by atoms with E-state index in [0.29, 0.717) is 11.4 Å². The predicted molar refractivity (Wildman–Crippen MR) is 107 cm³/mol. The molecule has 0 aromatic heterocycles. The van der Waals surface area contributed by atoms with Gasteiger partial charge >= 0.3 is 0 Å². The monoisotopic (exact) mass is 407 g/mol. The summed E-state index contributed by atoms with van der Waals surface area (Å²) in [6.45, 7) is 1.88. The largest absolute Gasteiger partial charge is 0.495 e. The van der Waals surface area contributed by atoms with Crippen LogP contribution in [-0.4, -0.2) is 27.2 Å². The highest BCUT2D eigenvalue weighted by atomic mass is 32.2. The Morgan fingerprint density at radius 3 is 2.41 bits per heavy atom. The van der Waals surface area contributed by atoms with Gasteiger partial charge < -0.3 is 10.1 Å². The van der Waals surface area contributed by atoms with Gasteiger partial charge in [-0.2, -0.15) is 0 Å². The predicted octanol–water partition coefficient (Wildman–Crippen LogP) is 3.63. The molecule has 1 heterocycles.